The largest absolute Gasteiger partial charge is 0.478 e. The van der Waals surface area contributed by atoms with Gasteiger partial charge in [0.25, 0.3) is 0 Å². The van der Waals surface area contributed by atoms with Crippen molar-refractivity contribution in [3.05, 3.63) is 29.7 Å². The van der Waals surface area contributed by atoms with Crippen LogP contribution in [0.15, 0.2) is 15.0 Å². The van der Waals surface area contributed by atoms with Gasteiger partial charge in [-0.2, -0.15) is 0 Å². The Bertz CT molecular complexity index is 584. The van der Waals surface area contributed by atoms with Crippen LogP contribution in [0.4, 0.5) is 0 Å². The number of halogens is 3. The minimum Gasteiger partial charge on any atom is -0.478 e. The average molecular weight is 482 g/mol. The summed E-state index contributed by atoms with van der Waals surface area (Å²) >= 11 is 1.57. The number of benzene rings is 1. The zero-order chi connectivity index (χ0) is 13.3. The van der Waals surface area contributed by atoms with Crippen LogP contribution in [0.1, 0.15) is 20.7 Å². The normalized spacial score (nSPS) is 10.5. The minimum atomic E-state index is -4.14. The highest BCUT2D eigenvalue weighted by Gasteiger charge is 2.25. The summed E-state index contributed by atoms with van der Waals surface area (Å²) in [6.07, 6.45) is 0. The SMILES string of the molecule is O=C(O)c1cc(Br)c(C(=O)O)c(Br)c1I(=O)=O. The van der Waals surface area contributed by atoms with Crippen molar-refractivity contribution < 1.29 is 25.9 Å². The van der Waals surface area contributed by atoms with Gasteiger partial charge in [0, 0.05) is 4.47 Å². The van der Waals surface area contributed by atoms with E-state index in [1.165, 1.54) is 0 Å². The number of carbonyl (C=O) groups is 2. The Labute approximate surface area is 118 Å². The Hall–Kier alpha value is -0.550. The summed E-state index contributed by atoms with van der Waals surface area (Å²) in [5, 5.41) is 17.7. The Morgan fingerprint density at radius 1 is 1.12 bits per heavy atom. The first kappa shape index (κ1) is 14.5. The lowest BCUT2D eigenvalue weighted by Gasteiger charge is -2.07. The van der Waals surface area contributed by atoms with Gasteiger partial charge in [0.2, 0.25) is 0 Å². The Balaban J connectivity index is 3.83. The van der Waals surface area contributed by atoms with E-state index in [0.29, 0.717) is 0 Å². The molecule has 1 aromatic rings. The number of aromatic carboxylic acids is 2. The summed E-state index contributed by atoms with van der Waals surface area (Å²) < 4.78 is 21.4. The molecule has 0 aliphatic carbocycles. The van der Waals surface area contributed by atoms with Crippen molar-refractivity contribution in [1.82, 2.24) is 0 Å². The molecule has 6 nitrogen and oxygen atoms in total. The first-order valence-corrected chi connectivity index (χ1v) is 8.23. The molecular weight excluding hydrogens is 479 g/mol. The van der Waals surface area contributed by atoms with Crippen LogP contribution in [0.5, 0.6) is 0 Å². The van der Waals surface area contributed by atoms with Crippen molar-refractivity contribution in [1.29, 1.82) is 0 Å². The lowest BCUT2D eigenvalue weighted by molar-refractivity contribution is 0.0678. The fourth-order valence-corrected chi connectivity index (χ4v) is 4.90. The van der Waals surface area contributed by atoms with Crippen LogP contribution in [0.3, 0.4) is 0 Å². The van der Waals surface area contributed by atoms with E-state index in [9.17, 15) is 15.7 Å². The maximum absolute atomic E-state index is 11.1. The van der Waals surface area contributed by atoms with E-state index in [2.05, 4.69) is 31.9 Å². The summed E-state index contributed by atoms with van der Waals surface area (Å²) in [6.45, 7) is 0. The molecule has 17 heavy (non-hydrogen) atoms. The first-order valence-electron chi connectivity index (χ1n) is 3.81. The summed E-state index contributed by atoms with van der Waals surface area (Å²) in [6, 6.07) is 0.964. The first-order chi connectivity index (χ1) is 7.77. The second kappa shape index (κ2) is 5.40. The Morgan fingerprint density at radius 3 is 2.00 bits per heavy atom. The lowest BCUT2D eigenvalue weighted by atomic mass is 10.1. The number of rotatable bonds is 3. The molecule has 0 spiro atoms. The van der Waals surface area contributed by atoms with E-state index in [1.807, 2.05) is 0 Å². The van der Waals surface area contributed by atoms with Crippen LogP contribution < -0.4 is 0 Å². The van der Waals surface area contributed by atoms with Crippen molar-refractivity contribution in [3.8, 4) is 0 Å². The summed E-state index contributed by atoms with van der Waals surface area (Å²) in [5.41, 5.74) is -0.775. The lowest BCUT2D eigenvalue weighted by Crippen LogP contribution is -2.07. The molecule has 92 valence electrons. The van der Waals surface area contributed by atoms with Crippen LogP contribution in [-0.4, -0.2) is 22.2 Å². The van der Waals surface area contributed by atoms with Gasteiger partial charge in [-0.05, 0) is 37.9 Å². The summed E-state index contributed by atoms with van der Waals surface area (Å²) in [7, 11) is 0. The van der Waals surface area contributed by atoms with Crippen molar-refractivity contribution >= 4 is 63.6 Å². The topological polar surface area (TPSA) is 109 Å². The number of hydrogen-bond donors (Lipinski definition) is 2. The quantitative estimate of drug-likeness (QED) is 0.507. The molecule has 0 bridgehead atoms. The fourth-order valence-electron chi connectivity index (χ4n) is 1.10. The molecule has 0 fully saturated rings. The second-order valence-corrected chi connectivity index (χ2v) is 6.70. The molecule has 0 heterocycles. The summed E-state index contributed by atoms with van der Waals surface area (Å²) in [4.78, 5) is 21.8. The van der Waals surface area contributed by atoms with E-state index in [-0.39, 0.29) is 14.5 Å². The molecule has 1 rings (SSSR count). The van der Waals surface area contributed by atoms with Crippen LogP contribution >= 0.6 is 51.7 Å². The van der Waals surface area contributed by atoms with Gasteiger partial charge in [0.05, 0.1) is 15.6 Å². The van der Waals surface area contributed by atoms with E-state index in [4.69, 9.17) is 10.2 Å². The van der Waals surface area contributed by atoms with Gasteiger partial charge < -0.3 is 10.2 Å². The minimum absolute atomic E-state index is 0.00394. The molecule has 0 radical (unpaired) electrons. The Morgan fingerprint density at radius 2 is 1.65 bits per heavy atom. The van der Waals surface area contributed by atoms with Gasteiger partial charge >= 0.3 is 31.7 Å². The molecule has 0 aromatic heterocycles. The predicted molar refractivity (Wildman–Crippen MR) is 69.9 cm³/mol. The highest BCUT2D eigenvalue weighted by molar-refractivity contribution is 14.2. The van der Waals surface area contributed by atoms with Crippen LogP contribution in [0, 0.1) is 3.57 Å². The molecule has 0 saturated heterocycles. The van der Waals surface area contributed by atoms with Gasteiger partial charge in [0.15, 0.2) is 0 Å². The highest BCUT2D eigenvalue weighted by Crippen LogP contribution is 2.36. The van der Waals surface area contributed by atoms with Crippen LogP contribution in [-0.2, 0) is 6.14 Å². The Kier molecular flexibility index (Phi) is 4.61. The molecule has 0 aliphatic rings. The third kappa shape index (κ3) is 2.83. The molecule has 9 heteroatoms. The highest BCUT2D eigenvalue weighted by atomic mass is 127. The van der Waals surface area contributed by atoms with E-state index in [1.54, 1.807) is 0 Å². The molecule has 0 atom stereocenters. The van der Waals surface area contributed by atoms with Gasteiger partial charge in [-0.25, -0.2) is 15.7 Å². The maximum Gasteiger partial charge on any atom is 0.342 e. The molecule has 0 saturated carbocycles. The van der Waals surface area contributed by atoms with Crippen molar-refractivity contribution in [3.63, 3.8) is 0 Å². The van der Waals surface area contributed by atoms with E-state index < -0.39 is 40.9 Å². The van der Waals surface area contributed by atoms with Crippen molar-refractivity contribution in [2.24, 2.45) is 0 Å². The van der Waals surface area contributed by atoms with E-state index >= 15 is 0 Å². The van der Waals surface area contributed by atoms with Crippen molar-refractivity contribution in [2.75, 3.05) is 0 Å². The standard InChI is InChI=1S/C8H3Br2IO6/c9-3-1-2(7(12)13)6(11(16)17)5(10)4(3)8(14)15/h1H,(H,12,13)(H,14,15). The molecule has 0 unspecified atom stereocenters. The molecule has 0 aliphatic heterocycles. The summed E-state index contributed by atoms with van der Waals surface area (Å²) in [5.74, 6) is -2.80. The maximum atomic E-state index is 11.1. The third-order valence-electron chi connectivity index (χ3n) is 1.76. The predicted octanol–water partition coefficient (Wildman–Crippen LogP) is 2.98. The number of carboxylic acids is 2. The molecule has 1 aromatic carbocycles. The molecular formula is C8H3Br2IO6. The zero-order valence-corrected chi connectivity index (χ0v) is 13.1. The monoisotopic (exact) mass is 480 g/mol. The van der Waals surface area contributed by atoms with Gasteiger partial charge in [-0.3, -0.25) is 0 Å². The van der Waals surface area contributed by atoms with E-state index in [0.717, 1.165) is 6.07 Å². The molecule has 0 amide bonds. The van der Waals surface area contributed by atoms with Gasteiger partial charge in [-0.15, -0.1) is 0 Å². The number of hydrogen-bond acceptors (Lipinski definition) is 4. The van der Waals surface area contributed by atoms with Crippen molar-refractivity contribution in [2.45, 2.75) is 0 Å². The fraction of sp³-hybridized carbons (Fsp3) is 0. The molecule has 2 N–H and O–H groups in total. The number of carboxylic acid groups (broad SMARTS) is 2. The van der Waals surface area contributed by atoms with Crippen LogP contribution in [0.25, 0.3) is 0 Å². The third-order valence-corrected chi connectivity index (χ3v) is 5.92. The zero-order valence-electron chi connectivity index (χ0n) is 7.74. The van der Waals surface area contributed by atoms with Crippen LogP contribution in [0.2, 0.25) is 0 Å². The van der Waals surface area contributed by atoms with Gasteiger partial charge in [0.1, 0.15) is 3.57 Å². The second-order valence-electron chi connectivity index (χ2n) is 2.74. The van der Waals surface area contributed by atoms with Gasteiger partial charge in [-0.1, -0.05) is 0 Å². The smallest absolute Gasteiger partial charge is 0.342 e. The average Bonchev–Trinajstić information content (AvgIpc) is 2.14.